The number of nitrogens with one attached hydrogen (secondary N) is 1. The number of benzene rings is 2. The first kappa shape index (κ1) is 15.1. The van der Waals surface area contributed by atoms with E-state index in [2.05, 4.69) is 5.32 Å². The monoisotopic (exact) mass is 309 g/mol. The molecule has 2 aromatic rings. The molecule has 1 amide bonds. The van der Waals surface area contributed by atoms with E-state index in [9.17, 15) is 18.4 Å². The first-order valence-corrected chi connectivity index (χ1v) is 6.33. The molecule has 3 nitrogen and oxygen atoms in total. The summed E-state index contributed by atoms with van der Waals surface area (Å²) in [6.07, 6.45) is 0. The minimum absolute atomic E-state index is 0.183. The Bertz CT molecular complexity index is 732. The zero-order chi connectivity index (χ0) is 15.6. The Morgan fingerprint density at radius 2 is 1.71 bits per heavy atom. The molecule has 0 heterocycles. The number of anilines is 1. The lowest BCUT2D eigenvalue weighted by Gasteiger charge is -2.08. The summed E-state index contributed by atoms with van der Waals surface area (Å²) in [4.78, 5) is 23.3. The van der Waals surface area contributed by atoms with Crippen molar-refractivity contribution in [3.05, 3.63) is 64.2 Å². The fourth-order valence-electron chi connectivity index (χ4n) is 1.69. The highest BCUT2D eigenvalue weighted by molar-refractivity contribution is 6.31. The van der Waals surface area contributed by atoms with Crippen LogP contribution < -0.4 is 5.32 Å². The molecule has 108 valence electrons. The molecule has 2 rings (SSSR count). The Morgan fingerprint density at radius 3 is 2.38 bits per heavy atom. The van der Waals surface area contributed by atoms with Gasteiger partial charge < -0.3 is 5.32 Å². The van der Waals surface area contributed by atoms with Crippen LogP contribution in [-0.2, 0) is 0 Å². The van der Waals surface area contributed by atoms with Crippen molar-refractivity contribution in [3.63, 3.8) is 0 Å². The average Bonchev–Trinajstić information content (AvgIpc) is 2.44. The lowest BCUT2D eigenvalue weighted by atomic mass is 10.1. The lowest BCUT2D eigenvalue weighted by molar-refractivity contribution is 0.101. The van der Waals surface area contributed by atoms with E-state index in [0.717, 1.165) is 6.07 Å². The Labute approximate surface area is 124 Å². The van der Waals surface area contributed by atoms with Crippen molar-refractivity contribution >= 4 is 29.0 Å². The summed E-state index contributed by atoms with van der Waals surface area (Å²) in [6, 6.07) is 7.54. The fraction of sp³-hybridized carbons (Fsp3) is 0.0667. The molecular weight excluding hydrogens is 300 g/mol. The third kappa shape index (κ3) is 3.44. The predicted octanol–water partition coefficient (Wildman–Crippen LogP) is 4.07. The topological polar surface area (TPSA) is 46.2 Å². The van der Waals surface area contributed by atoms with Gasteiger partial charge in [-0.3, -0.25) is 9.59 Å². The Kier molecular flexibility index (Phi) is 4.33. The molecule has 0 aromatic heterocycles. The summed E-state index contributed by atoms with van der Waals surface area (Å²) < 4.78 is 26.6. The molecule has 2 aromatic carbocycles. The van der Waals surface area contributed by atoms with Crippen molar-refractivity contribution < 1.29 is 18.4 Å². The van der Waals surface area contributed by atoms with Crippen LogP contribution in [-0.4, -0.2) is 11.7 Å². The van der Waals surface area contributed by atoms with Crippen molar-refractivity contribution in [2.75, 3.05) is 5.32 Å². The molecule has 0 aliphatic heterocycles. The van der Waals surface area contributed by atoms with Crippen LogP contribution in [0.1, 0.15) is 27.6 Å². The molecule has 0 atom stereocenters. The molecule has 0 aliphatic rings. The molecule has 0 radical (unpaired) electrons. The second-order valence-electron chi connectivity index (χ2n) is 4.34. The van der Waals surface area contributed by atoms with Crippen molar-refractivity contribution in [2.24, 2.45) is 0 Å². The van der Waals surface area contributed by atoms with Gasteiger partial charge >= 0.3 is 0 Å². The van der Waals surface area contributed by atoms with Gasteiger partial charge in [0.1, 0.15) is 11.6 Å². The maximum Gasteiger partial charge on any atom is 0.255 e. The minimum atomic E-state index is -0.937. The van der Waals surface area contributed by atoms with Crippen molar-refractivity contribution in [2.45, 2.75) is 6.92 Å². The summed E-state index contributed by atoms with van der Waals surface area (Å²) in [5.74, 6) is -2.67. The molecule has 0 unspecified atom stereocenters. The standard InChI is InChI=1S/C15H10ClF2NO2/c1-8(20)9-3-2-4-10(5-9)15(21)19-14-6-11(16)12(17)7-13(14)18/h2-7H,1H3,(H,19,21). The largest absolute Gasteiger partial charge is 0.319 e. The third-order valence-corrected chi connectivity index (χ3v) is 3.08. The molecule has 0 fully saturated rings. The summed E-state index contributed by atoms with van der Waals surface area (Å²) in [5.41, 5.74) is 0.308. The second-order valence-corrected chi connectivity index (χ2v) is 4.74. The van der Waals surface area contributed by atoms with Crippen LogP contribution in [0, 0.1) is 11.6 Å². The number of carbonyl (C=O) groups is 2. The Balaban J connectivity index is 2.28. The number of Topliss-reactive ketones (excluding diaryl/α,β-unsaturated/α-hetero) is 1. The van der Waals surface area contributed by atoms with Crippen LogP contribution in [0.15, 0.2) is 36.4 Å². The zero-order valence-electron chi connectivity index (χ0n) is 10.9. The van der Waals surface area contributed by atoms with Crippen molar-refractivity contribution in [3.8, 4) is 0 Å². The number of amides is 1. The van der Waals surface area contributed by atoms with Gasteiger partial charge in [-0.1, -0.05) is 23.7 Å². The molecular formula is C15H10ClF2NO2. The second kappa shape index (κ2) is 6.01. The highest BCUT2D eigenvalue weighted by Crippen LogP contribution is 2.23. The van der Waals surface area contributed by atoms with E-state index in [-0.39, 0.29) is 22.1 Å². The van der Waals surface area contributed by atoms with E-state index in [1.807, 2.05) is 0 Å². The molecule has 1 N–H and O–H groups in total. The van der Waals surface area contributed by atoms with Gasteiger partial charge in [0.05, 0.1) is 10.7 Å². The van der Waals surface area contributed by atoms with E-state index < -0.39 is 17.5 Å². The van der Waals surface area contributed by atoms with Gasteiger partial charge in [-0.15, -0.1) is 0 Å². The SMILES string of the molecule is CC(=O)c1cccc(C(=O)Nc2cc(Cl)c(F)cc2F)c1. The molecule has 6 heteroatoms. The summed E-state index contributed by atoms with van der Waals surface area (Å²) >= 11 is 5.54. The van der Waals surface area contributed by atoms with Gasteiger partial charge in [-0.2, -0.15) is 0 Å². The maximum atomic E-state index is 13.5. The summed E-state index contributed by atoms with van der Waals surface area (Å²) in [7, 11) is 0. The third-order valence-electron chi connectivity index (χ3n) is 2.79. The molecule has 0 saturated carbocycles. The number of carbonyl (C=O) groups excluding carboxylic acids is 2. The van der Waals surface area contributed by atoms with E-state index in [1.54, 1.807) is 12.1 Å². The number of rotatable bonds is 3. The van der Waals surface area contributed by atoms with Crippen LogP contribution in [0.2, 0.25) is 5.02 Å². The number of ketones is 1. The van der Waals surface area contributed by atoms with Crippen LogP contribution in [0.25, 0.3) is 0 Å². The van der Waals surface area contributed by atoms with E-state index >= 15 is 0 Å². The van der Waals surface area contributed by atoms with Gasteiger partial charge in [-0.05, 0) is 25.1 Å². The number of halogens is 3. The van der Waals surface area contributed by atoms with Gasteiger partial charge in [0.15, 0.2) is 5.78 Å². The molecule has 0 bridgehead atoms. The van der Waals surface area contributed by atoms with Gasteiger partial charge in [0.2, 0.25) is 0 Å². The zero-order valence-corrected chi connectivity index (χ0v) is 11.7. The lowest BCUT2D eigenvalue weighted by Crippen LogP contribution is -2.13. The van der Waals surface area contributed by atoms with E-state index in [4.69, 9.17) is 11.6 Å². The normalized spacial score (nSPS) is 10.3. The highest BCUT2D eigenvalue weighted by Gasteiger charge is 2.13. The summed E-state index contributed by atoms with van der Waals surface area (Å²) in [5, 5.41) is 1.98. The van der Waals surface area contributed by atoms with Crippen LogP contribution in [0.5, 0.6) is 0 Å². The van der Waals surface area contributed by atoms with Crippen LogP contribution >= 0.6 is 11.6 Å². The van der Waals surface area contributed by atoms with Gasteiger partial charge in [-0.25, -0.2) is 8.78 Å². The van der Waals surface area contributed by atoms with Crippen LogP contribution in [0.4, 0.5) is 14.5 Å². The minimum Gasteiger partial charge on any atom is -0.319 e. The maximum absolute atomic E-state index is 13.5. The smallest absolute Gasteiger partial charge is 0.255 e. The van der Waals surface area contributed by atoms with Crippen LogP contribution in [0.3, 0.4) is 0 Å². The highest BCUT2D eigenvalue weighted by atomic mass is 35.5. The first-order valence-electron chi connectivity index (χ1n) is 5.95. The van der Waals surface area contributed by atoms with Gasteiger partial charge in [0.25, 0.3) is 5.91 Å². The quantitative estimate of drug-likeness (QED) is 0.686. The van der Waals surface area contributed by atoms with Crippen molar-refractivity contribution in [1.82, 2.24) is 0 Å². The molecule has 0 aliphatic carbocycles. The molecule has 21 heavy (non-hydrogen) atoms. The average molecular weight is 310 g/mol. The number of hydrogen-bond donors (Lipinski definition) is 1. The molecule has 0 spiro atoms. The number of hydrogen-bond acceptors (Lipinski definition) is 2. The van der Waals surface area contributed by atoms with E-state index in [0.29, 0.717) is 11.6 Å². The van der Waals surface area contributed by atoms with Gasteiger partial charge in [0, 0.05) is 17.2 Å². The predicted molar refractivity (Wildman–Crippen MR) is 75.8 cm³/mol. The van der Waals surface area contributed by atoms with Crippen molar-refractivity contribution in [1.29, 1.82) is 0 Å². The Morgan fingerprint density at radius 1 is 1.05 bits per heavy atom. The van der Waals surface area contributed by atoms with E-state index in [1.165, 1.54) is 19.1 Å². The molecule has 0 saturated heterocycles. The Hall–Kier alpha value is -2.27. The fourth-order valence-corrected chi connectivity index (χ4v) is 1.86. The summed E-state index contributed by atoms with van der Waals surface area (Å²) in [6.45, 7) is 1.37. The first-order chi connectivity index (χ1) is 9.88.